The number of aromatic nitrogens is 2. The number of anilines is 1. The van der Waals surface area contributed by atoms with Gasteiger partial charge in [-0.15, -0.1) is 0 Å². The Hall–Kier alpha value is -3.37. The maximum absolute atomic E-state index is 14.9. The second-order valence-corrected chi connectivity index (χ2v) is 7.87. The van der Waals surface area contributed by atoms with E-state index in [-0.39, 0.29) is 18.2 Å². The number of nitrogens with one attached hydrogen (secondary N) is 1. The number of ether oxygens (including phenoxy) is 2. The van der Waals surface area contributed by atoms with Crippen LogP contribution in [0.4, 0.5) is 18.9 Å². The van der Waals surface area contributed by atoms with E-state index >= 15 is 0 Å². The Morgan fingerprint density at radius 1 is 1.28 bits per heavy atom. The number of rotatable bonds is 5. The Kier molecular flexibility index (Phi) is 5.43. The molecule has 0 saturated carbocycles. The second-order valence-electron chi connectivity index (χ2n) is 7.87. The number of alkyl halides is 2. The Labute approximate surface area is 182 Å². The molecule has 0 bridgehead atoms. The van der Waals surface area contributed by atoms with Gasteiger partial charge in [0.15, 0.2) is 18.0 Å². The zero-order valence-electron chi connectivity index (χ0n) is 17.8. The highest BCUT2D eigenvalue weighted by molar-refractivity contribution is 6.08. The van der Waals surface area contributed by atoms with Crippen LogP contribution in [0.3, 0.4) is 0 Å². The second kappa shape index (κ2) is 7.95. The van der Waals surface area contributed by atoms with Crippen molar-refractivity contribution >= 4 is 17.5 Å². The largest absolute Gasteiger partial charge is 0.474 e. The number of nitrogens with two attached hydrogens (primary N) is 1. The summed E-state index contributed by atoms with van der Waals surface area (Å²) in [6, 6.07) is 2.07. The molecule has 8 nitrogen and oxygen atoms in total. The van der Waals surface area contributed by atoms with Gasteiger partial charge in [-0.2, -0.15) is 8.78 Å². The summed E-state index contributed by atoms with van der Waals surface area (Å²) in [4.78, 5) is 16.7. The molecule has 2 aromatic rings. The number of aliphatic imine (C=N–C) groups is 2. The molecule has 32 heavy (non-hydrogen) atoms. The van der Waals surface area contributed by atoms with Crippen LogP contribution < -0.4 is 15.8 Å². The molecule has 1 aromatic carbocycles. The fourth-order valence-electron chi connectivity index (χ4n) is 3.40. The maximum Gasteiger partial charge on any atom is 0.310 e. The van der Waals surface area contributed by atoms with Crippen molar-refractivity contribution in [3.05, 3.63) is 47.2 Å². The Balaban J connectivity index is 1.64. The first-order valence-corrected chi connectivity index (χ1v) is 10.1. The first kappa shape index (κ1) is 21.8. The molecule has 1 unspecified atom stereocenters. The van der Waals surface area contributed by atoms with E-state index in [1.54, 1.807) is 0 Å². The van der Waals surface area contributed by atoms with Crippen molar-refractivity contribution < 1.29 is 22.6 Å². The lowest BCUT2D eigenvalue weighted by Crippen LogP contribution is -2.51. The quantitative estimate of drug-likeness (QED) is 0.727. The van der Waals surface area contributed by atoms with Crippen molar-refractivity contribution in [2.45, 2.75) is 51.3 Å². The summed E-state index contributed by atoms with van der Waals surface area (Å²) in [6.07, 6.45) is 3.81. The predicted molar refractivity (Wildman–Crippen MR) is 113 cm³/mol. The lowest BCUT2D eigenvalue weighted by atomic mass is 9.84. The van der Waals surface area contributed by atoms with Gasteiger partial charge in [-0.3, -0.25) is 4.99 Å². The van der Waals surface area contributed by atoms with Crippen molar-refractivity contribution in [1.29, 1.82) is 0 Å². The summed E-state index contributed by atoms with van der Waals surface area (Å²) in [5, 5.41) is 3.03. The van der Waals surface area contributed by atoms with Gasteiger partial charge in [0, 0.05) is 16.8 Å². The van der Waals surface area contributed by atoms with Crippen LogP contribution in [0.15, 0.2) is 34.5 Å². The monoisotopic (exact) mass is 448 g/mol. The molecule has 2 aliphatic rings. The van der Waals surface area contributed by atoms with E-state index in [4.69, 9.17) is 10.5 Å². The van der Waals surface area contributed by atoms with Gasteiger partial charge >= 0.3 is 5.92 Å². The molecule has 0 fully saturated rings. The Morgan fingerprint density at radius 3 is 2.75 bits per heavy atom. The molecule has 3 N–H and O–H groups in total. The third-order valence-electron chi connectivity index (χ3n) is 5.59. The minimum Gasteiger partial charge on any atom is -0.474 e. The number of amidine groups is 2. The number of nitrogens with zero attached hydrogens (tertiary/aromatic N) is 4. The molecule has 0 aliphatic carbocycles. The van der Waals surface area contributed by atoms with Gasteiger partial charge in [0.1, 0.15) is 11.5 Å². The smallest absolute Gasteiger partial charge is 0.310 e. The summed E-state index contributed by atoms with van der Waals surface area (Å²) in [5.41, 5.74) is 4.36. The van der Waals surface area contributed by atoms with E-state index in [2.05, 4.69) is 30.0 Å². The molecule has 2 atom stereocenters. The van der Waals surface area contributed by atoms with Gasteiger partial charge in [0.05, 0.1) is 25.0 Å². The van der Waals surface area contributed by atoms with E-state index in [1.807, 2.05) is 13.8 Å². The molecule has 1 aromatic heterocycles. The number of halogens is 3. The van der Waals surface area contributed by atoms with E-state index in [9.17, 15) is 13.2 Å². The van der Waals surface area contributed by atoms with Gasteiger partial charge in [0.2, 0.25) is 5.88 Å². The average Bonchev–Trinajstić information content (AvgIpc) is 2.76. The third-order valence-corrected chi connectivity index (χ3v) is 5.59. The van der Waals surface area contributed by atoms with E-state index in [0.717, 1.165) is 13.3 Å². The molecule has 3 heterocycles. The highest BCUT2D eigenvalue weighted by Gasteiger charge is 2.56. The fraction of sp³-hybridized carbons (Fsp3) is 0.429. The van der Waals surface area contributed by atoms with Crippen LogP contribution >= 0.6 is 0 Å². The maximum atomic E-state index is 14.9. The highest BCUT2D eigenvalue weighted by Crippen LogP contribution is 2.45. The van der Waals surface area contributed by atoms with Crippen LogP contribution in [0.25, 0.3) is 0 Å². The first-order valence-electron chi connectivity index (χ1n) is 10.1. The number of hydrogen-bond acceptors (Lipinski definition) is 8. The SMILES string of the molecule is CCC(C)Oc1cnc(C2=NCc3cc(F)c([C@@]4(C)N=C(N)OCC4(F)F)cc3N2)cn1. The Bertz CT molecular complexity index is 1090. The summed E-state index contributed by atoms with van der Waals surface area (Å²) in [5.74, 6) is -3.52. The van der Waals surface area contributed by atoms with Crippen molar-refractivity contribution in [3.63, 3.8) is 0 Å². The molecule has 2 aliphatic heterocycles. The molecule has 0 amide bonds. The lowest BCUT2D eigenvalue weighted by Gasteiger charge is -2.38. The molecular formula is C21H23F3N6O2. The van der Waals surface area contributed by atoms with Crippen LogP contribution in [0.1, 0.15) is 44.0 Å². The normalized spacial score (nSPS) is 22.6. The number of benzene rings is 1. The molecule has 0 saturated heterocycles. The van der Waals surface area contributed by atoms with Crippen LogP contribution in [0.5, 0.6) is 5.88 Å². The topological polar surface area (TPSA) is 107 Å². The van der Waals surface area contributed by atoms with Gasteiger partial charge in [0.25, 0.3) is 6.02 Å². The van der Waals surface area contributed by atoms with Crippen LogP contribution in [-0.4, -0.2) is 40.5 Å². The zero-order chi connectivity index (χ0) is 23.1. The molecular weight excluding hydrogens is 425 g/mol. The molecule has 170 valence electrons. The summed E-state index contributed by atoms with van der Waals surface area (Å²) >= 11 is 0. The van der Waals surface area contributed by atoms with E-state index in [1.165, 1.54) is 24.5 Å². The summed E-state index contributed by atoms with van der Waals surface area (Å²) in [6.45, 7) is 4.21. The fourth-order valence-corrected chi connectivity index (χ4v) is 3.40. The zero-order valence-corrected chi connectivity index (χ0v) is 17.8. The predicted octanol–water partition coefficient (Wildman–Crippen LogP) is 3.36. The van der Waals surface area contributed by atoms with E-state index in [0.29, 0.717) is 28.7 Å². The molecule has 0 spiro atoms. The van der Waals surface area contributed by atoms with Gasteiger partial charge < -0.3 is 20.5 Å². The van der Waals surface area contributed by atoms with Crippen molar-refractivity contribution in [2.24, 2.45) is 15.7 Å². The van der Waals surface area contributed by atoms with Crippen LogP contribution in [-0.2, 0) is 16.8 Å². The highest BCUT2D eigenvalue weighted by atomic mass is 19.3. The molecule has 11 heteroatoms. The number of hydrogen-bond donors (Lipinski definition) is 2. The first-order chi connectivity index (χ1) is 15.1. The van der Waals surface area contributed by atoms with Crippen LogP contribution in [0.2, 0.25) is 0 Å². The van der Waals surface area contributed by atoms with Crippen LogP contribution in [0, 0.1) is 5.82 Å². The van der Waals surface area contributed by atoms with Gasteiger partial charge in [-0.05, 0) is 32.4 Å². The standard InChI is InChI=1S/C21H23F3N6O2/c1-4-11(2)32-17-9-26-16(8-27-17)18-28-7-12-5-14(22)13(6-15(12)29-18)20(3)21(23,24)10-31-19(25)30-20/h5-6,8-9,11H,4,7,10H2,1-3H3,(H2,25,30)(H,28,29)/t11?,20-/m1/s1. The third kappa shape index (κ3) is 3.82. The summed E-state index contributed by atoms with van der Waals surface area (Å²) in [7, 11) is 0. The minimum atomic E-state index is -3.46. The summed E-state index contributed by atoms with van der Waals surface area (Å²) < 4.78 is 54.6. The number of fused-ring (bicyclic) bond motifs is 1. The molecule has 0 radical (unpaired) electrons. The van der Waals surface area contributed by atoms with Crippen molar-refractivity contribution in [1.82, 2.24) is 9.97 Å². The minimum absolute atomic E-state index is 0.00173. The van der Waals surface area contributed by atoms with Crippen molar-refractivity contribution in [2.75, 3.05) is 11.9 Å². The van der Waals surface area contributed by atoms with Crippen molar-refractivity contribution in [3.8, 4) is 5.88 Å². The Morgan fingerprint density at radius 2 is 2.06 bits per heavy atom. The molecule has 4 rings (SSSR count). The van der Waals surface area contributed by atoms with E-state index < -0.39 is 29.9 Å². The average molecular weight is 448 g/mol. The van der Waals surface area contributed by atoms with Gasteiger partial charge in [-0.1, -0.05) is 6.92 Å². The lowest BCUT2D eigenvalue weighted by molar-refractivity contribution is -0.117. The van der Waals surface area contributed by atoms with Gasteiger partial charge in [-0.25, -0.2) is 19.4 Å².